The Morgan fingerprint density at radius 3 is 2.47 bits per heavy atom. The first-order valence-corrected chi connectivity index (χ1v) is 6.58. The summed E-state index contributed by atoms with van der Waals surface area (Å²) in [5.74, 6) is 0.618. The second-order valence-electron chi connectivity index (χ2n) is 6.10. The lowest BCUT2D eigenvalue weighted by atomic mass is 9.61. The lowest BCUT2D eigenvalue weighted by Gasteiger charge is -2.44. The van der Waals surface area contributed by atoms with Crippen molar-refractivity contribution in [1.29, 1.82) is 0 Å². The molecule has 0 radical (unpaired) electrons. The third-order valence-corrected chi connectivity index (χ3v) is 5.16. The van der Waals surface area contributed by atoms with Gasteiger partial charge in [-0.2, -0.15) is 0 Å². The Labute approximate surface area is 104 Å². The molecule has 0 aliphatic heterocycles. The van der Waals surface area contributed by atoms with E-state index in [1.165, 1.54) is 11.1 Å². The zero-order valence-electron chi connectivity index (χ0n) is 10.9. The first-order chi connectivity index (χ1) is 7.88. The van der Waals surface area contributed by atoms with E-state index in [1.54, 1.807) is 0 Å². The zero-order chi connectivity index (χ0) is 12.8. The molecule has 2 saturated carbocycles. The van der Waals surface area contributed by atoms with E-state index in [4.69, 9.17) is 0 Å². The second kappa shape index (κ2) is 4.25. The summed E-state index contributed by atoms with van der Waals surface area (Å²) in [7, 11) is 0. The van der Waals surface area contributed by atoms with Gasteiger partial charge in [0.2, 0.25) is 0 Å². The Bertz CT molecular complexity index is 347. The molecule has 96 valence electrons. The van der Waals surface area contributed by atoms with Crippen molar-refractivity contribution in [1.82, 2.24) is 0 Å². The fraction of sp³-hybridized carbons (Fsp3) is 0.733. The first kappa shape index (κ1) is 12.8. The molecule has 1 spiro atoms. The summed E-state index contributed by atoms with van der Waals surface area (Å²) in [6.07, 6.45) is 2.59. The smallest absolute Gasteiger partial charge is 0.0833 e. The first-order valence-electron chi connectivity index (χ1n) is 6.58. The molecule has 0 bridgehead atoms. The summed E-state index contributed by atoms with van der Waals surface area (Å²) >= 11 is 0. The van der Waals surface area contributed by atoms with Crippen LogP contribution in [0, 0.1) is 17.3 Å². The summed E-state index contributed by atoms with van der Waals surface area (Å²) in [5.41, 5.74) is 2.37. The van der Waals surface area contributed by atoms with Crippen LogP contribution in [0.25, 0.3) is 0 Å². The van der Waals surface area contributed by atoms with E-state index in [0.29, 0.717) is 12.3 Å². The summed E-state index contributed by atoms with van der Waals surface area (Å²) in [6, 6.07) is 0. The number of hydrogen-bond donors (Lipinski definition) is 2. The van der Waals surface area contributed by atoms with Gasteiger partial charge < -0.3 is 10.2 Å². The highest BCUT2D eigenvalue weighted by atomic mass is 16.3. The average Bonchev–Trinajstić information content (AvgIpc) is 2.48. The highest BCUT2D eigenvalue weighted by molar-refractivity contribution is 5.23. The molecule has 0 aromatic carbocycles. The minimum Gasteiger partial charge on any atom is -0.390 e. The van der Waals surface area contributed by atoms with E-state index in [0.717, 1.165) is 19.3 Å². The fourth-order valence-corrected chi connectivity index (χ4v) is 3.78. The van der Waals surface area contributed by atoms with Gasteiger partial charge in [0.05, 0.1) is 12.2 Å². The van der Waals surface area contributed by atoms with Crippen LogP contribution in [0.4, 0.5) is 0 Å². The van der Waals surface area contributed by atoms with Crippen molar-refractivity contribution in [2.45, 2.75) is 51.7 Å². The monoisotopic (exact) mass is 236 g/mol. The normalized spacial score (nSPS) is 46.5. The fourth-order valence-electron chi connectivity index (χ4n) is 3.78. The molecule has 17 heavy (non-hydrogen) atoms. The van der Waals surface area contributed by atoms with Crippen molar-refractivity contribution in [3.8, 4) is 0 Å². The van der Waals surface area contributed by atoms with Gasteiger partial charge in [0.15, 0.2) is 0 Å². The molecule has 2 nitrogen and oxygen atoms in total. The number of aliphatic hydroxyl groups excluding tert-OH is 2. The van der Waals surface area contributed by atoms with Crippen LogP contribution in [0.2, 0.25) is 0 Å². The van der Waals surface area contributed by atoms with Crippen molar-refractivity contribution in [2.24, 2.45) is 17.3 Å². The van der Waals surface area contributed by atoms with Crippen molar-refractivity contribution in [3.63, 3.8) is 0 Å². The van der Waals surface area contributed by atoms with Gasteiger partial charge in [0.25, 0.3) is 0 Å². The van der Waals surface area contributed by atoms with Gasteiger partial charge in [0, 0.05) is 0 Å². The van der Waals surface area contributed by atoms with Crippen molar-refractivity contribution in [3.05, 3.63) is 24.3 Å². The standard InChI is InChI=1S/C15H24O2/c1-9(2)12-6-5-10(3)15(7-12)8-13(16)14(17)11(15)4/h11-14,16-17H,1,3,5-8H2,2,4H3/t11-,12-,13-,14-,15+/m0/s1. The molecule has 0 amide bonds. The minimum atomic E-state index is -0.601. The lowest BCUT2D eigenvalue weighted by molar-refractivity contribution is 0.0199. The molecule has 0 unspecified atom stereocenters. The van der Waals surface area contributed by atoms with Crippen molar-refractivity contribution >= 4 is 0 Å². The van der Waals surface area contributed by atoms with Crippen LogP contribution in [0.1, 0.15) is 39.5 Å². The van der Waals surface area contributed by atoms with Gasteiger partial charge in [0.1, 0.15) is 0 Å². The van der Waals surface area contributed by atoms with Gasteiger partial charge in [-0.15, -0.1) is 0 Å². The maximum atomic E-state index is 10.0. The van der Waals surface area contributed by atoms with E-state index in [-0.39, 0.29) is 11.3 Å². The molecule has 2 aliphatic carbocycles. The van der Waals surface area contributed by atoms with E-state index in [9.17, 15) is 10.2 Å². The Balaban J connectivity index is 2.28. The number of hydrogen-bond acceptors (Lipinski definition) is 2. The molecular weight excluding hydrogens is 212 g/mol. The Morgan fingerprint density at radius 2 is 2.00 bits per heavy atom. The molecule has 0 aromatic heterocycles. The molecule has 2 aliphatic rings. The number of allylic oxidation sites excluding steroid dienone is 2. The maximum absolute atomic E-state index is 10.0. The topological polar surface area (TPSA) is 40.5 Å². The zero-order valence-corrected chi connectivity index (χ0v) is 10.9. The second-order valence-corrected chi connectivity index (χ2v) is 6.10. The van der Waals surface area contributed by atoms with E-state index < -0.39 is 12.2 Å². The average molecular weight is 236 g/mol. The number of rotatable bonds is 1. The summed E-state index contributed by atoms with van der Waals surface area (Å²) < 4.78 is 0. The van der Waals surface area contributed by atoms with Crippen molar-refractivity contribution in [2.75, 3.05) is 0 Å². The maximum Gasteiger partial charge on any atom is 0.0833 e. The van der Waals surface area contributed by atoms with Crippen molar-refractivity contribution < 1.29 is 10.2 Å². The molecule has 2 N–H and O–H groups in total. The van der Waals surface area contributed by atoms with E-state index >= 15 is 0 Å². The molecule has 5 atom stereocenters. The highest BCUT2D eigenvalue weighted by Crippen LogP contribution is 2.57. The lowest BCUT2D eigenvalue weighted by Crippen LogP contribution is -2.35. The molecule has 0 saturated heterocycles. The predicted molar refractivity (Wildman–Crippen MR) is 69.5 cm³/mol. The van der Waals surface area contributed by atoms with Crippen LogP contribution in [0.5, 0.6) is 0 Å². The molecule has 2 heteroatoms. The molecule has 2 rings (SSSR count). The summed E-state index contributed by atoms with van der Waals surface area (Å²) in [5, 5.41) is 19.9. The largest absolute Gasteiger partial charge is 0.390 e. The number of aliphatic hydroxyl groups is 2. The van der Waals surface area contributed by atoms with Crippen LogP contribution < -0.4 is 0 Å². The van der Waals surface area contributed by atoms with E-state index in [1.807, 2.05) is 6.92 Å². The molecular formula is C15H24O2. The van der Waals surface area contributed by atoms with Crippen LogP contribution in [0.15, 0.2) is 24.3 Å². The SMILES string of the molecule is C=C(C)[C@H]1CCC(=C)[C@@]2(C1)C[C@H](O)[C@@H](O)[C@@H]2C. The van der Waals surface area contributed by atoms with Gasteiger partial charge in [-0.3, -0.25) is 0 Å². The Hall–Kier alpha value is -0.600. The Morgan fingerprint density at radius 1 is 1.35 bits per heavy atom. The summed E-state index contributed by atoms with van der Waals surface area (Å²) in [6.45, 7) is 12.4. The van der Waals surface area contributed by atoms with Gasteiger partial charge >= 0.3 is 0 Å². The third kappa shape index (κ3) is 1.88. The van der Waals surface area contributed by atoms with Gasteiger partial charge in [-0.1, -0.05) is 31.2 Å². The van der Waals surface area contributed by atoms with Crippen LogP contribution in [-0.4, -0.2) is 22.4 Å². The third-order valence-electron chi connectivity index (χ3n) is 5.16. The van der Waals surface area contributed by atoms with Gasteiger partial charge in [-0.25, -0.2) is 0 Å². The Kier molecular flexibility index (Phi) is 3.21. The molecule has 0 heterocycles. The highest BCUT2D eigenvalue weighted by Gasteiger charge is 2.53. The predicted octanol–water partition coefficient (Wildman–Crippen LogP) is 2.67. The van der Waals surface area contributed by atoms with E-state index in [2.05, 4.69) is 20.1 Å². The quantitative estimate of drug-likeness (QED) is 0.687. The summed E-state index contributed by atoms with van der Waals surface area (Å²) in [4.78, 5) is 0. The molecule has 2 fully saturated rings. The minimum absolute atomic E-state index is 0.0688. The van der Waals surface area contributed by atoms with Crippen LogP contribution in [-0.2, 0) is 0 Å². The van der Waals surface area contributed by atoms with Crippen LogP contribution in [0.3, 0.4) is 0 Å². The van der Waals surface area contributed by atoms with Gasteiger partial charge in [-0.05, 0) is 49.9 Å². The van der Waals surface area contributed by atoms with Crippen LogP contribution >= 0.6 is 0 Å². The molecule has 0 aromatic rings.